The summed E-state index contributed by atoms with van der Waals surface area (Å²) in [6.07, 6.45) is 2.48. The van der Waals surface area contributed by atoms with Gasteiger partial charge in [0.05, 0.1) is 5.92 Å². The van der Waals surface area contributed by atoms with Gasteiger partial charge in [-0.05, 0) is 63.2 Å². The molecule has 2 aliphatic rings. The minimum absolute atomic E-state index is 0.111. The molecule has 8 heteroatoms. The maximum Gasteiger partial charge on any atom is 0.257 e. The van der Waals surface area contributed by atoms with E-state index < -0.39 is 5.92 Å². The zero-order valence-corrected chi connectivity index (χ0v) is 14.8. The summed E-state index contributed by atoms with van der Waals surface area (Å²) in [5.41, 5.74) is 7.43. The minimum atomic E-state index is -0.476. The summed E-state index contributed by atoms with van der Waals surface area (Å²) in [4.78, 5) is 19.7. The lowest BCUT2D eigenvalue weighted by Gasteiger charge is -2.27. The molecule has 4 rings (SSSR count). The molecule has 1 aromatic heterocycles. The Labute approximate surface area is 151 Å². The lowest BCUT2D eigenvalue weighted by atomic mass is 9.90. The van der Waals surface area contributed by atoms with Crippen LogP contribution in [0.5, 0.6) is 0 Å². The van der Waals surface area contributed by atoms with E-state index in [9.17, 15) is 9.18 Å². The van der Waals surface area contributed by atoms with E-state index in [1.807, 2.05) is 0 Å². The van der Waals surface area contributed by atoms with E-state index in [1.165, 1.54) is 16.8 Å². The van der Waals surface area contributed by atoms with Crippen LogP contribution in [0.15, 0.2) is 18.2 Å². The summed E-state index contributed by atoms with van der Waals surface area (Å²) in [5.74, 6) is -0.110. The van der Waals surface area contributed by atoms with Gasteiger partial charge in [-0.2, -0.15) is 9.67 Å². The van der Waals surface area contributed by atoms with Crippen molar-refractivity contribution in [3.63, 3.8) is 0 Å². The van der Waals surface area contributed by atoms with E-state index in [-0.39, 0.29) is 23.6 Å². The number of nitrogens with zero attached hydrogens (tertiary/aromatic N) is 4. The molecule has 2 aromatic rings. The highest BCUT2D eigenvalue weighted by atomic mass is 19.1. The van der Waals surface area contributed by atoms with E-state index >= 15 is 0 Å². The largest absolute Gasteiger partial charge is 0.385 e. The van der Waals surface area contributed by atoms with Crippen molar-refractivity contribution in [2.45, 2.75) is 31.1 Å². The molecule has 3 N–H and O–H groups in total. The average Bonchev–Trinajstić information content (AvgIpc) is 3.03. The van der Waals surface area contributed by atoms with Crippen molar-refractivity contribution < 1.29 is 9.18 Å². The molecular formula is C18H23FN6O. The number of rotatable bonds is 2. The predicted molar refractivity (Wildman–Crippen MR) is 96.8 cm³/mol. The van der Waals surface area contributed by atoms with Gasteiger partial charge in [-0.3, -0.25) is 4.79 Å². The molecule has 1 fully saturated rings. The molecule has 7 nitrogen and oxygen atoms in total. The van der Waals surface area contributed by atoms with Crippen LogP contribution in [0.2, 0.25) is 0 Å². The van der Waals surface area contributed by atoms with Crippen LogP contribution in [0.1, 0.15) is 47.3 Å². The van der Waals surface area contributed by atoms with Crippen molar-refractivity contribution in [1.82, 2.24) is 19.7 Å². The molecule has 138 valence electrons. The minimum Gasteiger partial charge on any atom is -0.385 e. The average molecular weight is 358 g/mol. The number of aromatic nitrogens is 3. The van der Waals surface area contributed by atoms with Gasteiger partial charge in [0.15, 0.2) is 5.82 Å². The molecule has 1 aromatic carbocycles. The number of nitrogens with one attached hydrogen (secondary N) is 1. The van der Waals surface area contributed by atoms with Crippen LogP contribution in [0, 0.1) is 5.82 Å². The van der Waals surface area contributed by atoms with Crippen LogP contribution in [0.4, 0.5) is 16.0 Å². The molecule has 1 saturated heterocycles. The third-order valence-electron chi connectivity index (χ3n) is 5.38. The van der Waals surface area contributed by atoms with Crippen molar-refractivity contribution in [2.75, 3.05) is 37.7 Å². The van der Waals surface area contributed by atoms with E-state index in [0.717, 1.165) is 31.6 Å². The number of benzene rings is 1. The molecule has 0 spiro atoms. The van der Waals surface area contributed by atoms with Crippen molar-refractivity contribution in [3.8, 4) is 0 Å². The summed E-state index contributed by atoms with van der Waals surface area (Å²) in [7, 11) is 2.09. The highest BCUT2D eigenvalue weighted by Gasteiger charge is 2.31. The fourth-order valence-electron chi connectivity index (χ4n) is 3.84. The van der Waals surface area contributed by atoms with Gasteiger partial charge >= 0.3 is 0 Å². The van der Waals surface area contributed by atoms with Crippen LogP contribution >= 0.6 is 0 Å². The Hall–Kier alpha value is -2.48. The molecule has 0 saturated carbocycles. The monoisotopic (exact) mass is 358 g/mol. The van der Waals surface area contributed by atoms with Gasteiger partial charge in [-0.25, -0.2) is 4.39 Å². The Balaban J connectivity index is 1.61. The second-order valence-corrected chi connectivity index (χ2v) is 7.16. The van der Waals surface area contributed by atoms with Crippen LogP contribution in [0.3, 0.4) is 0 Å². The van der Waals surface area contributed by atoms with Crippen LogP contribution in [0.25, 0.3) is 0 Å². The first kappa shape index (κ1) is 17.0. The van der Waals surface area contributed by atoms with E-state index in [1.54, 1.807) is 6.07 Å². The second-order valence-electron chi connectivity index (χ2n) is 7.16. The number of hydrogen-bond acceptors (Lipinski definition) is 6. The molecule has 1 atom stereocenters. The number of piperidine rings is 1. The van der Waals surface area contributed by atoms with Crippen molar-refractivity contribution >= 4 is 17.5 Å². The molecule has 0 amide bonds. The zero-order valence-electron chi connectivity index (χ0n) is 14.8. The first-order valence-corrected chi connectivity index (χ1v) is 9.01. The first-order valence-electron chi connectivity index (χ1n) is 9.01. The van der Waals surface area contributed by atoms with E-state index in [0.29, 0.717) is 24.4 Å². The van der Waals surface area contributed by atoms with Crippen molar-refractivity contribution in [2.24, 2.45) is 0 Å². The maximum atomic E-state index is 13.7. The number of fused-ring (bicyclic) bond motifs is 1. The third-order valence-corrected chi connectivity index (χ3v) is 5.38. The highest BCUT2D eigenvalue weighted by Crippen LogP contribution is 2.34. The molecule has 0 radical (unpaired) electrons. The van der Waals surface area contributed by atoms with Gasteiger partial charge in [-0.1, -0.05) is 0 Å². The number of carbonyl (C=O) groups excluding carboxylic acids is 1. The van der Waals surface area contributed by atoms with Gasteiger partial charge in [0.25, 0.3) is 5.91 Å². The summed E-state index contributed by atoms with van der Waals surface area (Å²) >= 11 is 0. The SMILES string of the molecule is CN1CCC(c2nc(N)n(C(=O)C3CCNc4ccc(F)cc43)n2)CC1. The predicted octanol–water partition coefficient (Wildman–Crippen LogP) is 2.05. The molecular weight excluding hydrogens is 335 g/mol. The van der Waals surface area contributed by atoms with Gasteiger partial charge in [0, 0.05) is 18.2 Å². The number of anilines is 2. The normalized spacial score (nSPS) is 21.2. The number of nitrogen functional groups attached to an aromatic ring is 1. The maximum absolute atomic E-state index is 13.7. The lowest BCUT2D eigenvalue weighted by Crippen LogP contribution is -2.30. The Bertz CT molecular complexity index is 827. The number of likely N-dealkylation sites (tertiary alicyclic amines) is 1. The van der Waals surface area contributed by atoms with Crippen LogP contribution in [-0.2, 0) is 0 Å². The van der Waals surface area contributed by atoms with Crippen molar-refractivity contribution in [3.05, 3.63) is 35.4 Å². The number of nitrogens with two attached hydrogens (primary N) is 1. The van der Waals surface area contributed by atoms with Crippen LogP contribution in [-0.4, -0.2) is 52.3 Å². The summed E-state index contributed by atoms with van der Waals surface area (Å²) < 4.78 is 14.9. The molecule has 1 unspecified atom stereocenters. The fourth-order valence-corrected chi connectivity index (χ4v) is 3.84. The molecule has 0 aliphatic carbocycles. The van der Waals surface area contributed by atoms with Gasteiger partial charge < -0.3 is 16.0 Å². The van der Waals surface area contributed by atoms with Crippen LogP contribution < -0.4 is 11.1 Å². The Morgan fingerprint density at radius 2 is 2.08 bits per heavy atom. The molecule has 2 aliphatic heterocycles. The zero-order chi connectivity index (χ0) is 18.3. The Kier molecular flexibility index (Phi) is 4.36. The number of halogens is 1. The first-order chi connectivity index (χ1) is 12.5. The topological polar surface area (TPSA) is 89.1 Å². The van der Waals surface area contributed by atoms with Crippen molar-refractivity contribution in [1.29, 1.82) is 0 Å². The quantitative estimate of drug-likeness (QED) is 0.854. The molecule has 0 bridgehead atoms. The second kappa shape index (κ2) is 6.68. The van der Waals surface area contributed by atoms with Gasteiger partial charge in [-0.15, -0.1) is 5.10 Å². The summed E-state index contributed by atoms with van der Waals surface area (Å²) in [5, 5.41) is 7.63. The van der Waals surface area contributed by atoms with E-state index in [4.69, 9.17) is 5.73 Å². The third kappa shape index (κ3) is 3.05. The highest BCUT2D eigenvalue weighted by molar-refractivity contribution is 5.89. The lowest BCUT2D eigenvalue weighted by molar-refractivity contribution is 0.0858. The van der Waals surface area contributed by atoms with Gasteiger partial charge in [0.2, 0.25) is 5.95 Å². The summed E-state index contributed by atoms with van der Waals surface area (Å²) in [6.45, 7) is 2.60. The number of carbonyl (C=O) groups is 1. The molecule has 26 heavy (non-hydrogen) atoms. The van der Waals surface area contributed by atoms with Gasteiger partial charge in [0.1, 0.15) is 5.82 Å². The number of hydrogen-bond donors (Lipinski definition) is 2. The summed E-state index contributed by atoms with van der Waals surface area (Å²) in [6, 6.07) is 4.47. The standard InChI is InChI=1S/C18H23FN6O/c1-24-8-5-11(6-9-24)16-22-18(20)25(23-16)17(26)13-4-7-21-15-3-2-12(19)10-14(13)15/h2-3,10-11,13,21H,4-9H2,1H3,(H2,20,22,23). The Morgan fingerprint density at radius 1 is 1.31 bits per heavy atom. The van der Waals surface area contributed by atoms with E-state index in [2.05, 4.69) is 27.3 Å². The Morgan fingerprint density at radius 3 is 2.85 bits per heavy atom. The fraction of sp³-hybridized carbons (Fsp3) is 0.500. The molecule has 3 heterocycles. The smallest absolute Gasteiger partial charge is 0.257 e.